The van der Waals surface area contributed by atoms with E-state index < -0.39 is 0 Å². The lowest BCUT2D eigenvalue weighted by molar-refractivity contribution is -0.144. The maximum Gasteiger partial charge on any atom is 0.236 e. The van der Waals surface area contributed by atoms with Gasteiger partial charge in [0, 0.05) is 42.8 Å². The minimum absolute atomic E-state index is 0.124. The molecule has 0 aliphatic carbocycles. The number of ether oxygens (including phenoxy) is 1. The molecule has 5 heteroatoms. The molecule has 5 nitrogen and oxygen atoms in total. The molecule has 1 aromatic heterocycles. The fourth-order valence-electron chi connectivity index (χ4n) is 4.06. The van der Waals surface area contributed by atoms with Gasteiger partial charge in [-0.05, 0) is 31.9 Å². The first-order valence-corrected chi connectivity index (χ1v) is 8.84. The minimum Gasteiger partial charge on any atom is -0.372 e. The number of aromatic nitrogens is 1. The van der Waals surface area contributed by atoms with Gasteiger partial charge in [0.2, 0.25) is 5.91 Å². The van der Waals surface area contributed by atoms with E-state index in [-0.39, 0.29) is 18.1 Å². The van der Waals surface area contributed by atoms with Crippen molar-refractivity contribution in [1.82, 2.24) is 14.8 Å². The molecular weight excluding hydrogens is 302 g/mol. The molecule has 128 valence electrons. The van der Waals surface area contributed by atoms with Gasteiger partial charge in [-0.2, -0.15) is 0 Å². The van der Waals surface area contributed by atoms with Gasteiger partial charge in [0.25, 0.3) is 0 Å². The molecule has 1 amide bonds. The molecule has 0 saturated carbocycles. The Labute approximate surface area is 142 Å². The summed E-state index contributed by atoms with van der Waals surface area (Å²) in [7, 11) is 0. The third-order valence-corrected chi connectivity index (χ3v) is 5.09. The smallest absolute Gasteiger partial charge is 0.236 e. The molecule has 1 saturated heterocycles. The number of aromatic amines is 1. The maximum atomic E-state index is 12.7. The second-order valence-corrected chi connectivity index (χ2v) is 7.14. The molecule has 4 rings (SSSR count). The molecule has 2 aliphatic heterocycles. The molecule has 1 N–H and O–H groups in total. The lowest BCUT2D eigenvalue weighted by Gasteiger charge is -2.37. The Hall–Kier alpha value is -1.85. The van der Waals surface area contributed by atoms with Crippen molar-refractivity contribution in [3.63, 3.8) is 0 Å². The van der Waals surface area contributed by atoms with E-state index in [0.29, 0.717) is 19.6 Å². The third kappa shape index (κ3) is 2.94. The fraction of sp³-hybridized carbons (Fsp3) is 0.526. The van der Waals surface area contributed by atoms with Crippen molar-refractivity contribution in [3.05, 3.63) is 35.5 Å². The van der Waals surface area contributed by atoms with E-state index in [4.69, 9.17) is 4.74 Å². The number of para-hydroxylation sites is 1. The van der Waals surface area contributed by atoms with E-state index in [9.17, 15) is 4.79 Å². The predicted molar refractivity (Wildman–Crippen MR) is 93.9 cm³/mol. The van der Waals surface area contributed by atoms with Crippen LogP contribution in [0.25, 0.3) is 10.9 Å². The first kappa shape index (κ1) is 15.7. The molecule has 1 aromatic carbocycles. The molecular formula is C19H25N3O2. The molecule has 0 spiro atoms. The first-order chi connectivity index (χ1) is 11.6. The van der Waals surface area contributed by atoms with Crippen molar-refractivity contribution in [1.29, 1.82) is 0 Å². The van der Waals surface area contributed by atoms with Gasteiger partial charge >= 0.3 is 0 Å². The monoisotopic (exact) mass is 327 g/mol. The number of rotatable bonds is 2. The number of nitrogens with zero attached hydrogens (tertiary/aromatic N) is 2. The van der Waals surface area contributed by atoms with Crippen molar-refractivity contribution >= 4 is 16.8 Å². The quantitative estimate of drug-likeness (QED) is 0.919. The summed E-state index contributed by atoms with van der Waals surface area (Å²) in [5, 5.41) is 1.33. The number of amides is 1. The Morgan fingerprint density at radius 1 is 1.25 bits per heavy atom. The number of morpholine rings is 1. The van der Waals surface area contributed by atoms with E-state index in [2.05, 4.69) is 34.1 Å². The SMILES string of the molecule is C[C@@H]1CN(C(=O)CN2CCc3c([nH]c4ccccc34)C2)C[C@H](C)O1. The molecule has 0 unspecified atom stereocenters. The summed E-state index contributed by atoms with van der Waals surface area (Å²) in [4.78, 5) is 20.4. The Morgan fingerprint density at radius 3 is 2.79 bits per heavy atom. The van der Waals surface area contributed by atoms with Crippen LogP contribution in [0.5, 0.6) is 0 Å². The van der Waals surface area contributed by atoms with Crippen LogP contribution in [-0.2, 0) is 22.5 Å². The minimum atomic E-state index is 0.124. The lowest BCUT2D eigenvalue weighted by atomic mass is 10.0. The zero-order valence-corrected chi connectivity index (χ0v) is 14.4. The van der Waals surface area contributed by atoms with Gasteiger partial charge in [-0.3, -0.25) is 9.69 Å². The normalized spacial score (nSPS) is 25.0. The molecule has 0 bridgehead atoms. The van der Waals surface area contributed by atoms with Crippen LogP contribution < -0.4 is 0 Å². The topological polar surface area (TPSA) is 48.6 Å². The fourth-order valence-corrected chi connectivity index (χ4v) is 4.06. The Kier molecular flexibility index (Phi) is 4.06. The Balaban J connectivity index is 1.44. The molecule has 24 heavy (non-hydrogen) atoms. The highest BCUT2D eigenvalue weighted by molar-refractivity contribution is 5.85. The number of fused-ring (bicyclic) bond motifs is 3. The van der Waals surface area contributed by atoms with Crippen LogP contribution in [0.4, 0.5) is 0 Å². The van der Waals surface area contributed by atoms with Gasteiger partial charge in [0.15, 0.2) is 0 Å². The number of carbonyl (C=O) groups excluding carboxylic acids is 1. The highest BCUT2D eigenvalue weighted by Crippen LogP contribution is 2.27. The van der Waals surface area contributed by atoms with Crippen molar-refractivity contribution in [3.8, 4) is 0 Å². The predicted octanol–water partition coefficient (Wildman–Crippen LogP) is 2.16. The summed E-state index contributed by atoms with van der Waals surface area (Å²) in [6, 6.07) is 8.46. The van der Waals surface area contributed by atoms with Gasteiger partial charge < -0.3 is 14.6 Å². The number of nitrogens with one attached hydrogen (secondary N) is 1. The van der Waals surface area contributed by atoms with Gasteiger partial charge in [-0.15, -0.1) is 0 Å². The van der Waals surface area contributed by atoms with E-state index >= 15 is 0 Å². The van der Waals surface area contributed by atoms with E-state index in [1.54, 1.807) is 0 Å². The van der Waals surface area contributed by atoms with Crippen LogP contribution in [0.2, 0.25) is 0 Å². The van der Waals surface area contributed by atoms with Crippen LogP contribution >= 0.6 is 0 Å². The van der Waals surface area contributed by atoms with Crippen LogP contribution in [-0.4, -0.2) is 59.1 Å². The zero-order valence-electron chi connectivity index (χ0n) is 14.4. The maximum absolute atomic E-state index is 12.7. The molecule has 2 aliphatic rings. The third-order valence-electron chi connectivity index (χ3n) is 5.09. The van der Waals surface area contributed by atoms with Gasteiger partial charge in [-0.25, -0.2) is 0 Å². The highest BCUT2D eigenvalue weighted by atomic mass is 16.5. The standard InChI is InChI=1S/C19H25N3O2/c1-13-9-22(10-14(2)24-13)19(23)12-21-8-7-16-15-5-3-4-6-17(15)20-18(16)11-21/h3-6,13-14,20H,7-12H2,1-2H3/t13-,14+. The molecule has 0 radical (unpaired) electrons. The first-order valence-electron chi connectivity index (χ1n) is 8.84. The van der Waals surface area contributed by atoms with Crippen molar-refractivity contribution in [2.75, 3.05) is 26.2 Å². The summed E-state index contributed by atoms with van der Waals surface area (Å²) in [6.45, 7) is 7.74. The Morgan fingerprint density at radius 2 is 2.00 bits per heavy atom. The summed E-state index contributed by atoms with van der Waals surface area (Å²) < 4.78 is 5.72. The van der Waals surface area contributed by atoms with E-state index in [1.807, 2.05) is 18.7 Å². The lowest BCUT2D eigenvalue weighted by Crippen LogP contribution is -2.51. The number of H-pyrrole nitrogens is 1. The number of carbonyl (C=O) groups is 1. The molecule has 3 heterocycles. The molecule has 2 aromatic rings. The molecule has 2 atom stereocenters. The summed E-state index contributed by atoms with van der Waals surface area (Å²) >= 11 is 0. The van der Waals surface area contributed by atoms with Crippen LogP contribution in [0, 0.1) is 0 Å². The summed E-state index contributed by atoms with van der Waals surface area (Å²) in [5.41, 5.74) is 3.88. The van der Waals surface area contributed by atoms with E-state index in [0.717, 1.165) is 19.5 Å². The van der Waals surface area contributed by atoms with E-state index in [1.165, 1.54) is 22.2 Å². The highest BCUT2D eigenvalue weighted by Gasteiger charge is 2.28. The Bertz CT molecular complexity index is 744. The van der Waals surface area contributed by atoms with Crippen molar-refractivity contribution < 1.29 is 9.53 Å². The zero-order chi connectivity index (χ0) is 16.7. The number of benzene rings is 1. The summed E-state index contributed by atoms with van der Waals surface area (Å²) in [5.74, 6) is 0.219. The van der Waals surface area contributed by atoms with Crippen LogP contribution in [0.1, 0.15) is 25.1 Å². The van der Waals surface area contributed by atoms with Crippen molar-refractivity contribution in [2.24, 2.45) is 0 Å². The second kappa shape index (κ2) is 6.22. The summed E-state index contributed by atoms with van der Waals surface area (Å²) in [6.07, 6.45) is 1.25. The number of hydrogen-bond donors (Lipinski definition) is 1. The van der Waals surface area contributed by atoms with Crippen LogP contribution in [0.3, 0.4) is 0 Å². The largest absolute Gasteiger partial charge is 0.372 e. The van der Waals surface area contributed by atoms with Gasteiger partial charge in [0.05, 0.1) is 18.8 Å². The number of hydrogen-bond acceptors (Lipinski definition) is 3. The van der Waals surface area contributed by atoms with Gasteiger partial charge in [0.1, 0.15) is 0 Å². The molecule has 1 fully saturated rings. The second-order valence-electron chi connectivity index (χ2n) is 7.14. The average molecular weight is 327 g/mol. The van der Waals surface area contributed by atoms with Crippen LogP contribution in [0.15, 0.2) is 24.3 Å². The van der Waals surface area contributed by atoms with Gasteiger partial charge in [-0.1, -0.05) is 18.2 Å². The van der Waals surface area contributed by atoms with Crippen molar-refractivity contribution in [2.45, 2.75) is 39.0 Å². The average Bonchev–Trinajstić information content (AvgIpc) is 2.91.